The lowest BCUT2D eigenvalue weighted by atomic mass is 9.97. The topological polar surface area (TPSA) is 41.4 Å². The highest BCUT2D eigenvalue weighted by Crippen LogP contribution is 2.45. The van der Waals surface area contributed by atoms with Gasteiger partial charge in [0, 0.05) is 41.7 Å². The monoisotopic (exact) mass is 496 g/mol. The van der Waals surface area contributed by atoms with Gasteiger partial charge in [-0.2, -0.15) is 0 Å². The van der Waals surface area contributed by atoms with Crippen molar-refractivity contribution in [1.29, 1.82) is 0 Å². The second-order valence-corrected chi connectivity index (χ2v) is 8.36. The van der Waals surface area contributed by atoms with E-state index in [1.165, 1.54) is 27.8 Å². The molecule has 0 atom stereocenters. The lowest BCUT2D eigenvalue weighted by Gasteiger charge is -2.24. The fourth-order valence-corrected chi connectivity index (χ4v) is 4.59. The molecule has 0 N–H and O–H groups in total. The fourth-order valence-electron chi connectivity index (χ4n) is 4.59. The molecule has 4 nitrogen and oxygen atoms in total. The van der Waals surface area contributed by atoms with Crippen LogP contribution in [0.4, 0.5) is 11.5 Å². The first-order chi connectivity index (χ1) is 18.1. The standard InChI is InChI=1S/C27H26N4.3C2H6/c1-5-6-7-20-10-18(3)27(30-14-20)31-19(4)12-22-16-29-25-11-17(2)23(13-24(25)26(22)31)21-8-9-28-15-21;3*1-2/h5,8,10-11,13-16H,1,4,6-7,9,12H2,2-3H3;3*1-2H3. The third kappa shape index (κ3) is 6.25. The van der Waals surface area contributed by atoms with Gasteiger partial charge in [0.15, 0.2) is 0 Å². The highest BCUT2D eigenvalue weighted by molar-refractivity contribution is 6.13. The predicted molar refractivity (Wildman–Crippen MR) is 164 cm³/mol. The van der Waals surface area contributed by atoms with Gasteiger partial charge in [-0.15, -0.1) is 6.58 Å². The van der Waals surface area contributed by atoms with Gasteiger partial charge in [-0.3, -0.25) is 14.9 Å². The summed E-state index contributed by atoms with van der Waals surface area (Å²) in [4.78, 5) is 16.2. The summed E-state index contributed by atoms with van der Waals surface area (Å²) >= 11 is 0. The normalized spacial score (nSPS) is 13.0. The molecule has 2 aliphatic heterocycles. The van der Waals surface area contributed by atoms with Gasteiger partial charge >= 0.3 is 0 Å². The second kappa shape index (κ2) is 14.3. The zero-order valence-corrected chi connectivity index (χ0v) is 24.2. The molecule has 196 valence electrons. The molecule has 0 spiro atoms. The highest BCUT2D eigenvalue weighted by atomic mass is 15.2. The maximum absolute atomic E-state index is 4.86. The Labute approximate surface area is 224 Å². The number of pyridine rings is 2. The van der Waals surface area contributed by atoms with Crippen molar-refractivity contribution >= 4 is 34.2 Å². The van der Waals surface area contributed by atoms with E-state index in [0.717, 1.165) is 59.5 Å². The summed E-state index contributed by atoms with van der Waals surface area (Å²) in [5.74, 6) is 0.947. The minimum atomic E-state index is 0.752. The van der Waals surface area contributed by atoms with Crippen molar-refractivity contribution in [2.24, 2.45) is 4.99 Å². The Bertz CT molecular complexity index is 1300. The third-order valence-corrected chi connectivity index (χ3v) is 6.11. The summed E-state index contributed by atoms with van der Waals surface area (Å²) in [6.07, 6.45) is 12.8. The Morgan fingerprint density at radius 3 is 2.30 bits per heavy atom. The van der Waals surface area contributed by atoms with Crippen LogP contribution in [-0.4, -0.2) is 22.7 Å². The molecule has 2 aromatic heterocycles. The second-order valence-electron chi connectivity index (χ2n) is 8.36. The predicted octanol–water partition coefficient (Wildman–Crippen LogP) is 9.12. The number of nitrogens with zero attached hydrogens (tertiary/aromatic N) is 4. The SMILES string of the molecule is C=CCCc1cnc(N2C(=C)Cc3cnc4cc(C)c(C5=CCN=C5)cc4c32)c(C)c1.CC.CC.CC. The summed E-state index contributed by atoms with van der Waals surface area (Å²) in [6, 6.07) is 6.67. The summed E-state index contributed by atoms with van der Waals surface area (Å²) in [5, 5.41) is 1.13. The highest BCUT2D eigenvalue weighted by Gasteiger charge is 2.29. The molecule has 2 aliphatic rings. The van der Waals surface area contributed by atoms with Gasteiger partial charge in [-0.05, 0) is 66.6 Å². The van der Waals surface area contributed by atoms with Crippen molar-refractivity contribution in [2.75, 3.05) is 11.4 Å². The van der Waals surface area contributed by atoms with Crippen molar-refractivity contribution in [3.63, 3.8) is 0 Å². The number of hydrogen-bond donors (Lipinski definition) is 0. The summed E-state index contributed by atoms with van der Waals surface area (Å²) in [6.45, 7) is 25.2. The van der Waals surface area contributed by atoms with Crippen molar-refractivity contribution in [1.82, 2.24) is 9.97 Å². The van der Waals surface area contributed by atoms with Gasteiger partial charge < -0.3 is 0 Å². The Hall–Kier alpha value is -3.53. The summed E-state index contributed by atoms with van der Waals surface area (Å²) in [5.41, 5.74) is 10.4. The summed E-state index contributed by atoms with van der Waals surface area (Å²) < 4.78 is 0. The van der Waals surface area contributed by atoms with Crippen molar-refractivity contribution < 1.29 is 0 Å². The molecule has 0 fully saturated rings. The summed E-state index contributed by atoms with van der Waals surface area (Å²) in [7, 11) is 0. The van der Waals surface area contributed by atoms with Crippen LogP contribution in [0, 0.1) is 13.8 Å². The molecule has 37 heavy (non-hydrogen) atoms. The lowest BCUT2D eigenvalue weighted by Crippen LogP contribution is -2.14. The number of hydrogen-bond acceptors (Lipinski definition) is 4. The molecule has 0 bridgehead atoms. The Morgan fingerprint density at radius 2 is 1.68 bits per heavy atom. The smallest absolute Gasteiger partial charge is 0.140 e. The maximum atomic E-state index is 4.86. The van der Waals surface area contributed by atoms with Crippen LogP contribution < -0.4 is 4.90 Å². The van der Waals surface area contributed by atoms with Gasteiger partial charge in [-0.25, -0.2) is 4.98 Å². The molecule has 4 heteroatoms. The minimum absolute atomic E-state index is 0.752. The lowest BCUT2D eigenvalue weighted by molar-refractivity contribution is 0.977. The van der Waals surface area contributed by atoms with Crippen molar-refractivity contribution in [2.45, 2.75) is 74.7 Å². The first-order valence-corrected chi connectivity index (χ1v) is 13.7. The average molecular weight is 497 g/mol. The molecular formula is C33H44N4. The van der Waals surface area contributed by atoms with E-state index in [4.69, 9.17) is 9.97 Å². The largest absolute Gasteiger partial charge is 0.298 e. The van der Waals surface area contributed by atoms with Crippen LogP contribution in [0.15, 0.2) is 66.6 Å². The van der Waals surface area contributed by atoms with E-state index < -0.39 is 0 Å². The quantitative estimate of drug-likeness (QED) is 0.331. The van der Waals surface area contributed by atoms with E-state index in [0.29, 0.717) is 0 Å². The molecule has 0 unspecified atom stereocenters. The molecule has 4 heterocycles. The molecule has 3 aromatic rings. The van der Waals surface area contributed by atoms with Crippen LogP contribution in [-0.2, 0) is 12.8 Å². The Morgan fingerprint density at radius 1 is 0.946 bits per heavy atom. The number of fused-ring (bicyclic) bond motifs is 3. The van der Waals surface area contributed by atoms with Crippen LogP contribution in [0.3, 0.4) is 0 Å². The number of anilines is 2. The van der Waals surface area contributed by atoms with Crippen LogP contribution >= 0.6 is 0 Å². The molecule has 0 radical (unpaired) electrons. The van der Waals surface area contributed by atoms with Gasteiger partial charge in [0.05, 0.1) is 17.7 Å². The molecule has 1 aromatic carbocycles. The number of allylic oxidation sites excluding steroid dienone is 3. The number of aliphatic imine (C=N–C) groups is 1. The first kappa shape index (κ1) is 29.7. The number of aromatic nitrogens is 2. The van der Waals surface area contributed by atoms with Gasteiger partial charge in [0.25, 0.3) is 0 Å². The fraction of sp³-hybridized carbons (Fsp3) is 0.364. The van der Waals surface area contributed by atoms with Crippen LogP contribution in [0.1, 0.15) is 75.8 Å². The molecular weight excluding hydrogens is 452 g/mol. The van der Waals surface area contributed by atoms with E-state index in [1.54, 1.807) is 0 Å². The number of benzene rings is 1. The van der Waals surface area contributed by atoms with E-state index in [9.17, 15) is 0 Å². The van der Waals surface area contributed by atoms with E-state index in [1.807, 2.05) is 66.2 Å². The third-order valence-electron chi connectivity index (χ3n) is 6.11. The zero-order chi connectivity index (χ0) is 27.5. The number of rotatable bonds is 5. The minimum Gasteiger partial charge on any atom is -0.298 e. The van der Waals surface area contributed by atoms with Crippen molar-refractivity contribution in [3.05, 3.63) is 89.4 Å². The zero-order valence-electron chi connectivity index (χ0n) is 24.2. The van der Waals surface area contributed by atoms with E-state index >= 15 is 0 Å². The Kier molecular flexibility index (Phi) is 11.5. The van der Waals surface area contributed by atoms with Gasteiger partial charge in [-0.1, -0.05) is 66.3 Å². The van der Waals surface area contributed by atoms with Crippen LogP contribution in [0.5, 0.6) is 0 Å². The Balaban J connectivity index is 0.000000750. The molecule has 5 rings (SSSR count). The molecule has 0 saturated carbocycles. The first-order valence-electron chi connectivity index (χ1n) is 13.7. The van der Waals surface area contributed by atoms with Crippen molar-refractivity contribution in [3.8, 4) is 0 Å². The molecule has 0 aliphatic carbocycles. The molecule has 0 amide bonds. The van der Waals surface area contributed by atoms with Crippen LogP contribution in [0.2, 0.25) is 0 Å². The number of aryl methyl sites for hydroxylation is 3. The van der Waals surface area contributed by atoms with Crippen LogP contribution in [0.25, 0.3) is 16.5 Å². The van der Waals surface area contributed by atoms with E-state index in [-0.39, 0.29) is 0 Å². The van der Waals surface area contributed by atoms with Gasteiger partial charge in [0.2, 0.25) is 0 Å². The van der Waals surface area contributed by atoms with E-state index in [2.05, 4.69) is 61.2 Å². The maximum Gasteiger partial charge on any atom is 0.140 e. The van der Waals surface area contributed by atoms with Gasteiger partial charge in [0.1, 0.15) is 5.82 Å². The molecule has 0 saturated heterocycles. The average Bonchev–Trinajstić information content (AvgIpc) is 3.58.